The average Bonchev–Trinajstić information content (AvgIpc) is 2.62. The van der Waals surface area contributed by atoms with Crippen molar-refractivity contribution in [2.45, 2.75) is 24.7 Å². The van der Waals surface area contributed by atoms with Crippen LogP contribution < -0.4 is 0 Å². The molecule has 0 bridgehead atoms. The van der Waals surface area contributed by atoms with Crippen LogP contribution >= 0.6 is 11.8 Å². The summed E-state index contributed by atoms with van der Waals surface area (Å²) in [6, 6.07) is 7.75. The Morgan fingerprint density at radius 1 is 1.24 bits per heavy atom. The summed E-state index contributed by atoms with van der Waals surface area (Å²) in [6.07, 6.45) is 3.71. The van der Waals surface area contributed by atoms with Gasteiger partial charge in [-0.3, -0.25) is 0 Å². The number of nitrogens with zero attached hydrogens (tertiary/aromatic N) is 1. The number of ether oxygens (including phenoxy) is 2. The predicted octanol–water partition coefficient (Wildman–Crippen LogP) is 3.33. The Labute approximate surface area is 152 Å². The van der Waals surface area contributed by atoms with E-state index in [0.29, 0.717) is 11.1 Å². The van der Waals surface area contributed by atoms with Gasteiger partial charge in [-0.1, -0.05) is 18.2 Å². The van der Waals surface area contributed by atoms with Gasteiger partial charge in [-0.25, -0.2) is 9.59 Å². The van der Waals surface area contributed by atoms with Crippen LogP contribution in [0.15, 0.2) is 52.2 Å². The Kier molecular flexibility index (Phi) is 6.31. The zero-order valence-electron chi connectivity index (χ0n) is 15.2. The van der Waals surface area contributed by atoms with E-state index in [1.807, 2.05) is 37.4 Å². The van der Waals surface area contributed by atoms with Crippen molar-refractivity contribution in [3.8, 4) is 0 Å². The monoisotopic (exact) mass is 361 g/mol. The number of hydrogen-bond acceptors (Lipinski definition) is 6. The lowest BCUT2D eigenvalue weighted by atomic mass is 9.81. The van der Waals surface area contributed by atoms with Crippen molar-refractivity contribution >= 4 is 23.7 Å². The van der Waals surface area contributed by atoms with Crippen LogP contribution in [0.1, 0.15) is 25.3 Å². The number of thioether (sulfide) groups is 1. The Morgan fingerprint density at radius 3 is 2.52 bits per heavy atom. The van der Waals surface area contributed by atoms with Crippen molar-refractivity contribution in [3.05, 3.63) is 52.9 Å². The molecule has 25 heavy (non-hydrogen) atoms. The van der Waals surface area contributed by atoms with Crippen molar-refractivity contribution in [1.29, 1.82) is 0 Å². The number of carbonyl (C=O) groups is 2. The Hall–Kier alpha value is -2.21. The number of methoxy groups -OCH3 is 1. The lowest BCUT2D eigenvalue weighted by Crippen LogP contribution is -2.30. The van der Waals surface area contributed by atoms with Crippen LogP contribution in [0.4, 0.5) is 0 Å². The highest BCUT2D eigenvalue weighted by molar-refractivity contribution is 7.98. The summed E-state index contributed by atoms with van der Waals surface area (Å²) in [7, 11) is 3.15. The van der Waals surface area contributed by atoms with Gasteiger partial charge in [0, 0.05) is 23.8 Å². The molecule has 0 aromatic heterocycles. The molecule has 0 saturated heterocycles. The minimum atomic E-state index is -0.522. The molecule has 134 valence electrons. The maximum atomic E-state index is 12.6. The highest BCUT2D eigenvalue weighted by atomic mass is 32.2. The molecule has 1 atom stereocenters. The van der Waals surface area contributed by atoms with E-state index in [-0.39, 0.29) is 6.61 Å². The second-order valence-electron chi connectivity index (χ2n) is 5.58. The summed E-state index contributed by atoms with van der Waals surface area (Å²) in [5.41, 5.74) is 2.52. The van der Waals surface area contributed by atoms with Crippen LogP contribution in [-0.2, 0) is 19.1 Å². The number of hydrogen-bond donors (Lipinski definition) is 0. The number of rotatable bonds is 5. The van der Waals surface area contributed by atoms with Crippen molar-refractivity contribution in [3.63, 3.8) is 0 Å². The van der Waals surface area contributed by atoms with Gasteiger partial charge in [0.05, 0.1) is 30.8 Å². The van der Waals surface area contributed by atoms with E-state index in [0.717, 1.165) is 16.2 Å². The van der Waals surface area contributed by atoms with E-state index in [4.69, 9.17) is 9.47 Å². The molecule has 1 aromatic rings. The summed E-state index contributed by atoms with van der Waals surface area (Å²) in [4.78, 5) is 27.9. The molecule has 2 rings (SSSR count). The number of allylic oxidation sites excluding steroid dienone is 1. The fraction of sp³-hybridized carbons (Fsp3) is 0.368. The number of esters is 2. The van der Waals surface area contributed by atoms with Gasteiger partial charge in [-0.05, 0) is 31.7 Å². The van der Waals surface area contributed by atoms with E-state index in [1.54, 1.807) is 36.8 Å². The Morgan fingerprint density at radius 2 is 1.92 bits per heavy atom. The quantitative estimate of drug-likeness (QED) is 0.592. The lowest BCUT2D eigenvalue weighted by Gasteiger charge is -2.32. The van der Waals surface area contributed by atoms with Gasteiger partial charge < -0.3 is 14.4 Å². The third-order valence-electron chi connectivity index (χ3n) is 4.22. The second-order valence-corrected chi connectivity index (χ2v) is 6.43. The van der Waals surface area contributed by atoms with Gasteiger partial charge in [0.1, 0.15) is 0 Å². The zero-order valence-corrected chi connectivity index (χ0v) is 16.0. The van der Waals surface area contributed by atoms with Crippen LogP contribution in [0.25, 0.3) is 0 Å². The molecule has 0 spiro atoms. The molecule has 0 radical (unpaired) electrons. The predicted molar refractivity (Wildman–Crippen MR) is 98.2 cm³/mol. The molecule has 0 fully saturated rings. The molecular formula is C19H23NO4S. The van der Waals surface area contributed by atoms with Crippen molar-refractivity contribution < 1.29 is 19.1 Å². The third-order valence-corrected chi connectivity index (χ3v) is 5.03. The van der Waals surface area contributed by atoms with Gasteiger partial charge in [0.15, 0.2) is 0 Å². The first-order valence-electron chi connectivity index (χ1n) is 7.99. The van der Waals surface area contributed by atoms with Gasteiger partial charge in [-0.15, -0.1) is 11.8 Å². The van der Waals surface area contributed by atoms with Crippen LogP contribution in [-0.4, -0.2) is 43.9 Å². The first-order chi connectivity index (χ1) is 12.0. The highest BCUT2D eigenvalue weighted by Gasteiger charge is 2.38. The van der Waals surface area contributed by atoms with Crippen molar-refractivity contribution in [2.75, 3.05) is 27.0 Å². The van der Waals surface area contributed by atoms with Gasteiger partial charge in [0.25, 0.3) is 0 Å². The van der Waals surface area contributed by atoms with Gasteiger partial charge in [-0.2, -0.15) is 0 Å². The average molecular weight is 361 g/mol. The maximum absolute atomic E-state index is 12.6. The van der Waals surface area contributed by atoms with E-state index in [9.17, 15) is 9.59 Å². The van der Waals surface area contributed by atoms with E-state index in [1.165, 1.54) is 7.11 Å². The molecule has 0 amide bonds. The summed E-state index contributed by atoms with van der Waals surface area (Å²) in [5.74, 6) is -1.39. The SMILES string of the molecule is CCOC(=O)C1=CN(C)C(C)=C(C(=O)OC)C1c1ccccc1SC. The fourth-order valence-electron chi connectivity index (χ4n) is 2.92. The van der Waals surface area contributed by atoms with Crippen molar-refractivity contribution in [2.24, 2.45) is 0 Å². The first-order valence-corrected chi connectivity index (χ1v) is 9.22. The zero-order chi connectivity index (χ0) is 18.6. The number of carbonyl (C=O) groups excluding carboxylic acids is 2. The minimum absolute atomic E-state index is 0.271. The highest BCUT2D eigenvalue weighted by Crippen LogP contribution is 2.42. The van der Waals surface area contributed by atoms with E-state index in [2.05, 4.69) is 0 Å². The third kappa shape index (κ3) is 3.74. The molecule has 0 saturated carbocycles. The van der Waals surface area contributed by atoms with Crippen LogP contribution in [0.2, 0.25) is 0 Å². The Bertz CT molecular complexity index is 739. The summed E-state index contributed by atoms with van der Waals surface area (Å²) < 4.78 is 10.2. The Balaban J connectivity index is 2.70. The second kappa shape index (κ2) is 8.25. The molecule has 1 aromatic carbocycles. The maximum Gasteiger partial charge on any atom is 0.336 e. The molecule has 1 aliphatic rings. The topological polar surface area (TPSA) is 55.8 Å². The van der Waals surface area contributed by atoms with Crippen molar-refractivity contribution in [1.82, 2.24) is 4.90 Å². The number of benzene rings is 1. The van der Waals surface area contributed by atoms with Crippen LogP contribution in [0.3, 0.4) is 0 Å². The van der Waals surface area contributed by atoms with E-state index < -0.39 is 17.9 Å². The normalized spacial score (nSPS) is 17.2. The smallest absolute Gasteiger partial charge is 0.336 e. The molecule has 1 unspecified atom stereocenters. The molecular weight excluding hydrogens is 338 g/mol. The molecule has 6 heteroatoms. The minimum Gasteiger partial charge on any atom is -0.466 e. The van der Waals surface area contributed by atoms with Crippen LogP contribution in [0, 0.1) is 0 Å². The fourth-order valence-corrected chi connectivity index (χ4v) is 3.56. The van der Waals surface area contributed by atoms with Gasteiger partial charge >= 0.3 is 11.9 Å². The lowest BCUT2D eigenvalue weighted by molar-refractivity contribution is -0.139. The summed E-state index contributed by atoms with van der Waals surface area (Å²) >= 11 is 1.57. The standard InChI is InChI=1S/C19H23NO4S/c1-6-24-18(21)14-11-20(3)12(2)16(19(22)23-4)17(14)13-9-7-8-10-15(13)25-5/h7-11,17H,6H2,1-5H3. The molecule has 1 aliphatic heterocycles. The molecule has 1 heterocycles. The molecule has 0 N–H and O–H groups in total. The molecule has 0 aliphatic carbocycles. The first kappa shape index (κ1) is 19.1. The molecule has 5 nitrogen and oxygen atoms in total. The summed E-state index contributed by atoms with van der Waals surface area (Å²) in [5, 5.41) is 0. The van der Waals surface area contributed by atoms with Crippen LogP contribution in [0.5, 0.6) is 0 Å². The van der Waals surface area contributed by atoms with Gasteiger partial charge in [0.2, 0.25) is 0 Å². The largest absolute Gasteiger partial charge is 0.466 e. The van der Waals surface area contributed by atoms with E-state index >= 15 is 0 Å². The summed E-state index contributed by atoms with van der Waals surface area (Å²) in [6.45, 7) is 3.88.